The molecule has 0 aliphatic heterocycles. The van der Waals surface area contributed by atoms with Gasteiger partial charge < -0.3 is 5.32 Å². The number of aromatic nitrogens is 2. The fourth-order valence-electron chi connectivity index (χ4n) is 2.03. The van der Waals surface area contributed by atoms with E-state index >= 15 is 0 Å². The molecule has 1 aromatic heterocycles. The smallest absolute Gasteiger partial charge is 0.177 e. The third-order valence-corrected chi connectivity index (χ3v) is 3.13. The Morgan fingerprint density at radius 2 is 2.10 bits per heavy atom. The number of benzene rings is 1. The SMILES string of the molecule is CNC(C)c1c(F)cccc1-n1cnc(C#N)c1C#N. The molecular formula is C14H12FN5. The largest absolute Gasteiger partial charge is 0.313 e. The van der Waals surface area contributed by atoms with E-state index in [0.29, 0.717) is 11.3 Å². The first-order valence-electron chi connectivity index (χ1n) is 5.97. The minimum atomic E-state index is -0.375. The van der Waals surface area contributed by atoms with Crippen molar-refractivity contribution in [2.75, 3.05) is 7.05 Å². The molecule has 1 aromatic carbocycles. The molecule has 6 heteroatoms. The lowest BCUT2D eigenvalue weighted by molar-refractivity contribution is 0.559. The number of imidazole rings is 1. The molecule has 1 N–H and O–H groups in total. The van der Waals surface area contributed by atoms with Crippen molar-refractivity contribution < 1.29 is 4.39 Å². The molecule has 1 unspecified atom stereocenters. The second-order valence-electron chi connectivity index (χ2n) is 4.22. The first-order chi connectivity index (χ1) is 9.63. The minimum Gasteiger partial charge on any atom is -0.313 e. The average Bonchev–Trinajstić information content (AvgIpc) is 2.88. The maximum Gasteiger partial charge on any atom is 0.177 e. The van der Waals surface area contributed by atoms with E-state index < -0.39 is 0 Å². The summed E-state index contributed by atoms with van der Waals surface area (Å²) in [6.45, 7) is 1.82. The summed E-state index contributed by atoms with van der Waals surface area (Å²) in [7, 11) is 1.72. The van der Waals surface area contributed by atoms with E-state index in [1.54, 1.807) is 19.2 Å². The summed E-state index contributed by atoms with van der Waals surface area (Å²) in [6, 6.07) is 8.15. The van der Waals surface area contributed by atoms with Gasteiger partial charge >= 0.3 is 0 Å². The molecule has 100 valence electrons. The summed E-state index contributed by atoms with van der Waals surface area (Å²) < 4.78 is 15.5. The van der Waals surface area contributed by atoms with E-state index in [1.165, 1.54) is 17.0 Å². The van der Waals surface area contributed by atoms with Crippen LogP contribution in [0.4, 0.5) is 4.39 Å². The molecule has 0 saturated carbocycles. The van der Waals surface area contributed by atoms with Gasteiger partial charge in [0.15, 0.2) is 11.4 Å². The highest BCUT2D eigenvalue weighted by atomic mass is 19.1. The lowest BCUT2D eigenvalue weighted by Gasteiger charge is -2.17. The highest BCUT2D eigenvalue weighted by Crippen LogP contribution is 2.26. The van der Waals surface area contributed by atoms with Gasteiger partial charge in [-0.05, 0) is 26.1 Å². The van der Waals surface area contributed by atoms with Gasteiger partial charge in [0.2, 0.25) is 0 Å². The third kappa shape index (κ3) is 2.13. The summed E-state index contributed by atoms with van der Waals surface area (Å²) in [4.78, 5) is 3.87. The summed E-state index contributed by atoms with van der Waals surface area (Å²) in [6.07, 6.45) is 1.36. The molecule has 2 rings (SSSR count). The summed E-state index contributed by atoms with van der Waals surface area (Å²) >= 11 is 0. The number of nitrogens with zero attached hydrogens (tertiary/aromatic N) is 4. The van der Waals surface area contributed by atoms with E-state index in [-0.39, 0.29) is 23.2 Å². The zero-order valence-electron chi connectivity index (χ0n) is 11.1. The van der Waals surface area contributed by atoms with Crippen molar-refractivity contribution in [2.24, 2.45) is 0 Å². The molecule has 0 radical (unpaired) electrons. The second-order valence-corrected chi connectivity index (χ2v) is 4.22. The van der Waals surface area contributed by atoms with Crippen LogP contribution in [0, 0.1) is 28.5 Å². The van der Waals surface area contributed by atoms with Crippen LogP contribution >= 0.6 is 0 Å². The number of nitriles is 2. The van der Waals surface area contributed by atoms with Crippen LogP contribution in [0.3, 0.4) is 0 Å². The first-order valence-corrected chi connectivity index (χ1v) is 5.97. The van der Waals surface area contributed by atoms with Gasteiger partial charge in [-0.15, -0.1) is 0 Å². The predicted molar refractivity (Wildman–Crippen MR) is 70.4 cm³/mol. The topological polar surface area (TPSA) is 77.4 Å². The van der Waals surface area contributed by atoms with E-state index in [0.717, 1.165) is 0 Å². The highest BCUT2D eigenvalue weighted by Gasteiger charge is 2.19. The van der Waals surface area contributed by atoms with Crippen molar-refractivity contribution in [3.63, 3.8) is 0 Å². The Hall–Kier alpha value is -2.70. The summed E-state index contributed by atoms with van der Waals surface area (Å²) in [5.41, 5.74) is 1.05. The van der Waals surface area contributed by atoms with Crippen LogP contribution in [0.5, 0.6) is 0 Å². The molecule has 0 spiro atoms. The molecule has 0 aliphatic rings. The quantitative estimate of drug-likeness (QED) is 0.924. The van der Waals surface area contributed by atoms with E-state index in [1.807, 2.05) is 19.1 Å². The van der Waals surface area contributed by atoms with Gasteiger partial charge in [0, 0.05) is 11.6 Å². The van der Waals surface area contributed by atoms with E-state index in [9.17, 15) is 4.39 Å². The van der Waals surface area contributed by atoms with Crippen LogP contribution in [-0.4, -0.2) is 16.6 Å². The predicted octanol–water partition coefficient (Wildman–Crippen LogP) is 2.04. The van der Waals surface area contributed by atoms with Crippen molar-refractivity contribution in [2.45, 2.75) is 13.0 Å². The number of hydrogen-bond acceptors (Lipinski definition) is 4. The molecule has 5 nitrogen and oxygen atoms in total. The van der Waals surface area contributed by atoms with Crippen LogP contribution in [0.2, 0.25) is 0 Å². The molecule has 1 atom stereocenters. The lowest BCUT2D eigenvalue weighted by Crippen LogP contribution is -2.17. The Labute approximate surface area is 115 Å². The van der Waals surface area contributed by atoms with Gasteiger partial charge in [0.1, 0.15) is 24.3 Å². The number of rotatable bonds is 3. The van der Waals surface area contributed by atoms with Gasteiger partial charge in [-0.25, -0.2) is 9.37 Å². The van der Waals surface area contributed by atoms with Gasteiger partial charge in [-0.2, -0.15) is 10.5 Å². The zero-order chi connectivity index (χ0) is 14.7. The van der Waals surface area contributed by atoms with Gasteiger partial charge in [-0.1, -0.05) is 6.07 Å². The van der Waals surface area contributed by atoms with Crippen LogP contribution in [-0.2, 0) is 0 Å². The van der Waals surface area contributed by atoms with Crippen LogP contribution in [0.15, 0.2) is 24.5 Å². The zero-order valence-corrected chi connectivity index (χ0v) is 11.1. The van der Waals surface area contributed by atoms with Gasteiger partial charge in [0.25, 0.3) is 0 Å². The lowest BCUT2D eigenvalue weighted by atomic mass is 10.0. The molecule has 1 heterocycles. The first kappa shape index (κ1) is 13.7. The molecule has 0 amide bonds. The molecule has 2 aromatic rings. The highest BCUT2D eigenvalue weighted by molar-refractivity contribution is 5.49. The monoisotopic (exact) mass is 269 g/mol. The van der Waals surface area contributed by atoms with Crippen molar-refractivity contribution in [3.8, 4) is 17.8 Å². The molecule has 0 fully saturated rings. The summed E-state index contributed by atoms with van der Waals surface area (Å²) in [5.74, 6) is -0.375. The van der Waals surface area contributed by atoms with Crippen molar-refractivity contribution in [1.82, 2.24) is 14.9 Å². The van der Waals surface area contributed by atoms with Crippen molar-refractivity contribution in [3.05, 3.63) is 47.3 Å². The molecule has 0 bridgehead atoms. The van der Waals surface area contributed by atoms with Crippen LogP contribution < -0.4 is 5.32 Å². The molecular weight excluding hydrogens is 257 g/mol. The molecule has 0 aliphatic carbocycles. The Balaban J connectivity index is 2.72. The maximum absolute atomic E-state index is 14.1. The van der Waals surface area contributed by atoms with Gasteiger partial charge in [0.05, 0.1) is 5.69 Å². The van der Waals surface area contributed by atoms with Crippen molar-refractivity contribution in [1.29, 1.82) is 10.5 Å². The number of nitrogens with one attached hydrogen (secondary N) is 1. The van der Waals surface area contributed by atoms with Crippen molar-refractivity contribution >= 4 is 0 Å². The fraction of sp³-hybridized carbons (Fsp3) is 0.214. The number of hydrogen-bond donors (Lipinski definition) is 1. The van der Waals surface area contributed by atoms with Gasteiger partial charge in [-0.3, -0.25) is 4.57 Å². The second kappa shape index (κ2) is 5.52. The normalized spacial score (nSPS) is 11.7. The standard InChI is InChI=1S/C14H12FN5/c1-9(18-2)14-10(15)4-3-5-12(14)20-8-19-11(6-16)13(20)7-17/h3-5,8-9,18H,1-2H3. The van der Waals surface area contributed by atoms with E-state index in [4.69, 9.17) is 10.5 Å². The summed E-state index contributed by atoms with van der Waals surface area (Å²) in [5, 5.41) is 21.1. The van der Waals surface area contributed by atoms with Crippen LogP contribution in [0.25, 0.3) is 5.69 Å². The van der Waals surface area contributed by atoms with E-state index in [2.05, 4.69) is 10.3 Å². The average molecular weight is 269 g/mol. The maximum atomic E-state index is 14.1. The minimum absolute atomic E-state index is 0.0276. The molecule has 20 heavy (non-hydrogen) atoms. The Kier molecular flexibility index (Phi) is 3.79. The Morgan fingerprint density at radius 1 is 1.35 bits per heavy atom. The Morgan fingerprint density at radius 3 is 2.70 bits per heavy atom. The Bertz CT molecular complexity index is 720. The molecule has 0 saturated heterocycles. The third-order valence-electron chi connectivity index (χ3n) is 3.13. The fourth-order valence-corrected chi connectivity index (χ4v) is 2.03. The number of halogens is 1. The van der Waals surface area contributed by atoms with Crippen LogP contribution in [0.1, 0.15) is 29.9 Å².